The smallest absolute Gasteiger partial charge is 0.263 e. The van der Waals surface area contributed by atoms with E-state index < -0.39 is 0 Å². The number of hydrogen-bond donors (Lipinski definition) is 2. The summed E-state index contributed by atoms with van der Waals surface area (Å²) in [6.07, 6.45) is 0. The number of aromatic nitrogens is 1. The zero-order chi connectivity index (χ0) is 28.1. The van der Waals surface area contributed by atoms with Crippen molar-refractivity contribution in [1.82, 2.24) is 4.98 Å². The predicted molar refractivity (Wildman–Crippen MR) is 163 cm³/mol. The number of rotatable bonds is 9. The summed E-state index contributed by atoms with van der Waals surface area (Å²) in [4.78, 5) is 31.3. The molecular formula is C31H27N3O4S2. The molecule has 5 aromatic rings. The van der Waals surface area contributed by atoms with Crippen molar-refractivity contribution in [2.24, 2.45) is 0 Å². The monoisotopic (exact) mass is 569 g/mol. The van der Waals surface area contributed by atoms with E-state index in [-0.39, 0.29) is 17.1 Å². The summed E-state index contributed by atoms with van der Waals surface area (Å²) in [5, 5.41) is 10.3. The second kappa shape index (κ2) is 12.2. The molecular weight excluding hydrogens is 542 g/mol. The van der Waals surface area contributed by atoms with Gasteiger partial charge in [0.1, 0.15) is 17.1 Å². The molecule has 0 aliphatic rings. The van der Waals surface area contributed by atoms with Crippen LogP contribution in [0.2, 0.25) is 0 Å². The number of fused-ring (bicyclic) bond motifs is 1. The second-order valence-corrected chi connectivity index (χ2v) is 11.1. The largest absolute Gasteiger partial charge is 0.496 e. The molecule has 9 heteroatoms. The number of benzene rings is 4. The summed E-state index contributed by atoms with van der Waals surface area (Å²) in [5.74, 6) is 0.376. The van der Waals surface area contributed by atoms with Crippen LogP contribution in [0.25, 0.3) is 22.0 Å². The highest BCUT2D eigenvalue weighted by atomic mass is 32.2. The third-order valence-electron chi connectivity index (χ3n) is 6.23. The summed E-state index contributed by atoms with van der Waals surface area (Å²) in [7, 11) is 3.01. The molecule has 1 heterocycles. The number of ether oxygens (including phenoxy) is 2. The van der Waals surface area contributed by atoms with Crippen LogP contribution in [0.1, 0.15) is 17.3 Å². The highest BCUT2D eigenvalue weighted by molar-refractivity contribution is 8.00. The summed E-state index contributed by atoms with van der Waals surface area (Å²) in [6, 6.07) is 26.9. The minimum Gasteiger partial charge on any atom is -0.496 e. The Labute approximate surface area is 240 Å². The normalized spacial score (nSPS) is 11.6. The fraction of sp³-hybridized carbons (Fsp3) is 0.129. The van der Waals surface area contributed by atoms with Crippen LogP contribution in [0.3, 0.4) is 0 Å². The molecule has 5 rings (SSSR count). The minimum atomic E-state index is -0.355. The van der Waals surface area contributed by atoms with E-state index in [1.165, 1.54) is 42.7 Å². The molecule has 7 nitrogen and oxygen atoms in total. The standard InChI is InChI=1S/C31H27N3O4S2/c1-19(29(35)34-31-33-25(18-39-31)22-12-11-20-7-4-5-8-21(20)17-22)40-24-15-13-23(14-16-24)32-30(36)28-26(37-2)9-6-10-27(28)38-3/h4-19H,1-3H3,(H,32,36)(H,33,34,35). The first kappa shape index (κ1) is 27.2. The predicted octanol–water partition coefficient (Wildman–Crippen LogP) is 7.35. The highest BCUT2D eigenvalue weighted by Gasteiger charge is 2.19. The molecule has 0 fully saturated rings. The van der Waals surface area contributed by atoms with Crippen molar-refractivity contribution < 1.29 is 19.1 Å². The van der Waals surface area contributed by atoms with Crippen LogP contribution >= 0.6 is 23.1 Å². The van der Waals surface area contributed by atoms with Crippen LogP contribution in [0.4, 0.5) is 10.8 Å². The highest BCUT2D eigenvalue weighted by Crippen LogP contribution is 2.31. The van der Waals surface area contributed by atoms with Crippen molar-refractivity contribution in [3.63, 3.8) is 0 Å². The van der Waals surface area contributed by atoms with E-state index in [0.717, 1.165) is 21.5 Å². The van der Waals surface area contributed by atoms with Gasteiger partial charge >= 0.3 is 0 Å². The van der Waals surface area contributed by atoms with Crippen LogP contribution in [-0.4, -0.2) is 36.3 Å². The van der Waals surface area contributed by atoms with Crippen molar-refractivity contribution in [2.45, 2.75) is 17.1 Å². The molecule has 1 unspecified atom stereocenters. The molecule has 40 heavy (non-hydrogen) atoms. The van der Waals surface area contributed by atoms with Crippen molar-refractivity contribution >= 4 is 56.5 Å². The quantitative estimate of drug-likeness (QED) is 0.180. The average Bonchev–Trinajstić information content (AvgIpc) is 3.45. The van der Waals surface area contributed by atoms with E-state index in [2.05, 4.69) is 39.9 Å². The van der Waals surface area contributed by atoms with Crippen LogP contribution in [0.15, 0.2) is 95.2 Å². The Kier molecular flexibility index (Phi) is 8.33. The zero-order valence-electron chi connectivity index (χ0n) is 22.1. The first-order valence-electron chi connectivity index (χ1n) is 12.5. The van der Waals surface area contributed by atoms with Crippen LogP contribution < -0.4 is 20.1 Å². The van der Waals surface area contributed by atoms with Crippen LogP contribution in [0.5, 0.6) is 11.5 Å². The Balaban J connectivity index is 1.19. The molecule has 202 valence electrons. The maximum atomic E-state index is 12.9. The maximum Gasteiger partial charge on any atom is 0.263 e. The molecule has 2 amide bonds. The molecule has 0 aliphatic heterocycles. The Morgan fingerprint density at radius 3 is 2.25 bits per heavy atom. The zero-order valence-corrected chi connectivity index (χ0v) is 23.8. The van der Waals surface area contributed by atoms with Gasteiger partial charge < -0.3 is 20.1 Å². The SMILES string of the molecule is COc1cccc(OC)c1C(=O)Nc1ccc(SC(C)C(=O)Nc2nc(-c3ccc4ccccc4c3)cs2)cc1. The van der Waals surface area contributed by atoms with Crippen molar-refractivity contribution in [2.75, 3.05) is 24.9 Å². The minimum absolute atomic E-state index is 0.134. The number of carbonyl (C=O) groups excluding carboxylic acids is 2. The van der Waals surface area contributed by atoms with E-state index in [0.29, 0.717) is 27.9 Å². The third kappa shape index (κ3) is 6.11. The lowest BCUT2D eigenvalue weighted by Crippen LogP contribution is -2.22. The molecule has 0 aliphatic carbocycles. The van der Waals surface area contributed by atoms with E-state index >= 15 is 0 Å². The van der Waals surface area contributed by atoms with Gasteiger partial charge in [-0.1, -0.05) is 42.5 Å². The number of carbonyl (C=O) groups is 2. The van der Waals surface area contributed by atoms with Gasteiger partial charge in [0.25, 0.3) is 5.91 Å². The molecule has 0 saturated heterocycles. The first-order chi connectivity index (χ1) is 19.4. The lowest BCUT2D eigenvalue weighted by Gasteiger charge is -2.14. The second-order valence-electron chi connectivity index (χ2n) is 8.87. The molecule has 2 N–H and O–H groups in total. The summed E-state index contributed by atoms with van der Waals surface area (Å²) < 4.78 is 10.7. The Hall–Kier alpha value is -4.34. The number of anilines is 2. The molecule has 1 atom stereocenters. The fourth-order valence-electron chi connectivity index (χ4n) is 4.16. The maximum absolute atomic E-state index is 12.9. The van der Waals surface area contributed by atoms with Crippen LogP contribution in [-0.2, 0) is 4.79 Å². The molecule has 0 spiro atoms. The van der Waals surface area contributed by atoms with E-state index in [4.69, 9.17) is 9.47 Å². The van der Waals surface area contributed by atoms with Gasteiger partial charge in [0.15, 0.2) is 5.13 Å². The average molecular weight is 570 g/mol. The molecule has 4 aromatic carbocycles. The summed E-state index contributed by atoms with van der Waals surface area (Å²) in [6.45, 7) is 1.85. The number of methoxy groups -OCH3 is 2. The van der Waals surface area contributed by atoms with Gasteiger partial charge in [0.2, 0.25) is 5.91 Å². The van der Waals surface area contributed by atoms with E-state index in [1.54, 1.807) is 30.3 Å². The number of thioether (sulfide) groups is 1. The fourth-order valence-corrected chi connectivity index (χ4v) is 5.75. The Bertz CT molecular complexity index is 1650. The number of hydrogen-bond acceptors (Lipinski definition) is 7. The lowest BCUT2D eigenvalue weighted by molar-refractivity contribution is -0.115. The van der Waals surface area contributed by atoms with Crippen LogP contribution in [0, 0.1) is 0 Å². The Morgan fingerprint density at radius 2 is 1.55 bits per heavy atom. The molecule has 0 saturated carbocycles. The van der Waals surface area contributed by atoms with Gasteiger partial charge in [-0.3, -0.25) is 9.59 Å². The Morgan fingerprint density at radius 1 is 0.850 bits per heavy atom. The number of nitrogens with one attached hydrogen (secondary N) is 2. The van der Waals surface area contributed by atoms with Crippen molar-refractivity contribution in [3.05, 3.63) is 95.9 Å². The van der Waals surface area contributed by atoms with E-state index in [9.17, 15) is 9.59 Å². The summed E-state index contributed by atoms with van der Waals surface area (Å²) >= 11 is 2.83. The van der Waals surface area contributed by atoms with Gasteiger partial charge in [0, 0.05) is 21.5 Å². The number of thiazole rings is 1. The van der Waals surface area contributed by atoms with Gasteiger partial charge in [0.05, 0.1) is 25.2 Å². The number of amides is 2. The molecule has 0 bridgehead atoms. The van der Waals surface area contributed by atoms with Gasteiger partial charge in [-0.15, -0.1) is 23.1 Å². The summed E-state index contributed by atoms with van der Waals surface area (Å²) in [5.41, 5.74) is 2.77. The van der Waals surface area contributed by atoms with Gasteiger partial charge in [-0.2, -0.15) is 0 Å². The van der Waals surface area contributed by atoms with E-state index in [1.807, 2.05) is 42.6 Å². The number of nitrogens with zero attached hydrogens (tertiary/aromatic N) is 1. The molecule has 0 radical (unpaired) electrons. The lowest BCUT2D eigenvalue weighted by atomic mass is 10.1. The molecule has 1 aromatic heterocycles. The van der Waals surface area contributed by atoms with Gasteiger partial charge in [-0.25, -0.2) is 4.98 Å². The van der Waals surface area contributed by atoms with Gasteiger partial charge in [-0.05, 0) is 60.2 Å². The topological polar surface area (TPSA) is 89.5 Å². The van der Waals surface area contributed by atoms with Crippen molar-refractivity contribution in [3.8, 4) is 22.8 Å². The first-order valence-corrected chi connectivity index (χ1v) is 14.3. The van der Waals surface area contributed by atoms with Crippen molar-refractivity contribution in [1.29, 1.82) is 0 Å². The third-order valence-corrected chi connectivity index (χ3v) is 8.10.